The van der Waals surface area contributed by atoms with Crippen molar-refractivity contribution in [1.29, 1.82) is 0 Å². The number of rotatable bonds is 7. The monoisotopic (exact) mass is 358 g/mol. The fourth-order valence-electron chi connectivity index (χ4n) is 2.55. The van der Waals surface area contributed by atoms with Gasteiger partial charge in [-0.15, -0.1) is 0 Å². The maximum Gasteiger partial charge on any atom is 0.341 e. The van der Waals surface area contributed by atoms with Crippen LogP contribution in [0.25, 0.3) is 17.2 Å². The van der Waals surface area contributed by atoms with Crippen LogP contribution in [0.5, 0.6) is 5.75 Å². The average Bonchev–Trinajstić information content (AvgIpc) is 2.72. The van der Waals surface area contributed by atoms with Crippen LogP contribution in [0.15, 0.2) is 84.9 Å². The van der Waals surface area contributed by atoms with Gasteiger partial charge < -0.3 is 9.84 Å². The Labute approximate surface area is 157 Å². The van der Waals surface area contributed by atoms with Gasteiger partial charge >= 0.3 is 5.97 Å². The first-order chi connectivity index (χ1) is 13.1. The van der Waals surface area contributed by atoms with Crippen molar-refractivity contribution in [3.05, 3.63) is 96.1 Å². The summed E-state index contributed by atoms with van der Waals surface area (Å²) in [6.45, 7) is -0.382. The fourth-order valence-corrected chi connectivity index (χ4v) is 2.55. The van der Waals surface area contributed by atoms with Gasteiger partial charge in [0.15, 0.2) is 12.4 Å². The number of aliphatic carboxylic acids is 1. The van der Waals surface area contributed by atoms with Crippen LogP contribution >= 0.6 is 0 Å². The predicted molar refractivity (Wildman–Crippen MR) is 105 cm³/mol. The van der Waals surface area contributed by atoms with Crippen molar-refractivity contribution in [2.45, 2.75) is 0 Å². The number of benzene rings is 3. The van der Waals surface area contributed by atoms with Gasteiger partial charge in [0.05, 0.1) is 0 Å². The Morgan fingerprint density at radius 3 is 2.07 bits per heavy atom. The molecule has 3 aromatic rings. The Morgan fingerprint density at radius 2 is 1.44 bits per heavy atom. The Kier molecular flexibility index (Phi) is 5.80. The Hall–Kier alpha value is -3.66. The topological polar surface area (TPSA) is 63.6 Å². The van der Waals surface area contributed by atoms with E-state index in [1.54, 1.807) is 30.3 Å². The van der Waals surface area contributed by atoms with Gasteiger partial charge in [-0.3, -0.25) is 4.79 Å². The van der Waals surface area contributed by atoms with Crippen molar-refractivity contribution in [1.82, 2.24) is 0 Å². The second-order valence-corrected chi connectivity index (χ2v) is 5.89. The second kappa shape index (κ2) is 8.63. The molecule has 0 aliphatic rings. The summed E-state index contributed by atoms with van der Waals surface area (Å²) in [5.41, 5.74) is 3.62. The molecule has 3 aromatic carbocycles. The van der Waals surface area contributed by atoms with Crippen LogP contribution in [0.3, 0.4) is 0 Å². The van der Waals surface area contributed by atoms with E-state index in [-0.39, 0.29) is 12.4 Å². The molecule has 0 saturated carbocycles. The first-order valence-electron chi connectivity index (χ1n) is 8.44. The lowest BCUT2D eigenvalue weighted by Crippen LogP contribution is -2.09. The summed E-state index contributed by atoms with van der Waals surface area (Å²) in [5.74, 6) is -0.638. The third-order valence-corrected chi connectivity index (χ3v) is 3.95. The van der Waals surface area contributed by atoms with Gasteiger partial charge in [0.25, 0.3) is 0 Å². The molecule has 0 spiro atoms. The van der Waals surface area contributed by atoms with Gasteiger partial charge in [0.1, 0.15) is 5.75 Å². The molecule has 0 fully saturated rings. The van der Waals surface area contributed by atoms with E-state index in [4.69, 9.17) is 9.84 Å². The third-order valence-electron chi connectivity index (χ3n) is 3.95. The SMILES string of the molecule is O=C(O)COc1ccc(/C=C/C(=O)c2ccc(-c3ccccc3)cc2)cc1. The standard InChI is InChI=1S/C23H18O4/c24-22(15-8-17-6-13-21(14-7-17)27-16-23(25)26)20-11-9-19(10-12-20)18-4-2-1-3-5-18/h1-15H,16H2,(H,25,26)/b15-8+. The van der Waals surface area contributed by atoms with Gasteiger partial charge in [-0.2, -0.15) is 0 Å². The van der Waals surface area contributed by atoms with Gasteiger partial charge in [0, 0.05) is 5.56 Å². The molecular formula is C23H18O4. The zero-order chi connectivity index (χ0) is 19.1. The van der Waals surface area contributed by atoms with Gasteiger partial charge in [-0.25, -0.2) is 4.79 Å². The number of ether oxygens (including phenoxy) is 1. The molecule has 0 amide bonds. The number of ketones is 1. The highest BCUT2D eigenvalue weighted by molar-refractivity contribution is 6.07. The minimum Gasteiger partial charge on any atom is -0.482 e. The molecule has 0 heterocycles. The summed E-state index contributed by atoms with van der Waals surface area (Å²) in [5, 5.41) is 8.59. The van der Waals surface area contributed by atoms with E-state index >= 15 is 0 Å². The number of carbonyl (C=O) groups is 2. The summed E-state index contributed by atoms with van der Waals surface area (Å²) < 4.78 is 5.07. The highest BCUT2D eigenvalue weighted by atomic mass is 16.5. The number of carboxylic acids is 1. The van der Waals surface area contributed by atoms with Crippen LogP contribution in [-0.2, 0) is 4.79 Å². The highest BCUT2D eigenvalue weighted by Gasteiger charge is 2.03. The fraction of sp³-hybridized carbons (Fsp3) is 0.0435. The van der Waals surface area contributed by atoms with E-state index in [1.807, 2.05) is 54.6 Å². The number of hydrogen-bond acceptors (Lipinski definition) is 3. The molecule has 4 heteroatoms. The van der Waals surface area contributed by atoms with E-state index in [1.165, 1.54) is 6.08 Å². The van der Waals surface area contributed by atoms with Crippen LogP contribution in [0.1, 0.15) is 15.9 Å². The minimum atomic E-state index is -1.03. The van der Waals surface area contributed by atoms with E-state index in [0.717, 1.165) is 16.7 Å². The molecule has 0 bridgehead atoms. The summed E-state index contributed by atoms with van der Waals surface area (Å²) in [6, 6.07) is 24.4. The third kappa shape index (κ3) is 5.16. The number of carboxylic acid groups (broad SMARTS) is 1. The summed E-state index contributed by atoms with van der Waals surface area (Å²) >= 11 is 0. The normalized spacial score (nSPS) is 10.7. The minimum absolute atomic E-state index is 0.0826. The zero-order valence-corrected chi connectivity index (χ0v) is 14.5. The predicted octanol–water partition coefficient (Wildman–Crippen LogP) is 4.71. The van der Waals surface area contributed by atoms with Crippen molar-refractivity contribution < 1.29 is 19.4 Å². The van der Waals surface area contributed by atoms with Crippen LogP contribution in [0, 0.1) is 0 Å². The Balaban J connectivity index is 1.63. The lowest BCUT2D eigenvalue weighted by atomic mass is 10.0. The first kappa shape index (κ1) is 18.1. The van der Waals surface area contributed by atoms with Crippen molar-refractivity contribution in [3.8, 4) is 16.9 Å². The largest absolute Gasteiger partial charge is 0.482 e. The molecular weight excluding hydrogens is 340 g/mol. The molecule has 3 rings (SSSR count). The highest BCUT2D eigenvalue weighted by Crippen LogP contribution is 2.20. The smallest absolute Gasteiger partial charge is 0.341 e. The quantitative estimate of drug-likeness (QED) is 0.491. The Morgan fingerprint density at radius 1 is 0.815 bits per heavy atom. The summed E-state index contributed by atoms with van der Waals surface area (Å²) in [6.07, 6.45) is 3.24. The maximum absolute atomic E-state index is 12.3. The van der Waals surface area contributed by atoms with E-state index < -0.39 is 5.97 Å². The average molecular weight is 358 g/mol. The molecule has 27 heavy (non-hydrogen) atoms. The van der Waals surface area contributed by atoms with Crippen molar-refractivity contribution >= 4 is 17.8 Å². The number of carbonyl (C=O) groups excluding carboxylic acids is 1. The first-order valence-corrected chi connectivity index (χ1v) is 8.44. The van der Waals surface area contributed by atoms with E-state index in [2.05, 4.69) is 0 Å². The van der Waals surface area contributed by atoms with E-state index in [0.29, 0.717) is 11.3 Å². The molecule has 4 nitrogen and oxygen atoms in total. The van der Waals surface area contributed by atoms with Gasteiger partial charge in [-0.1, -0.05) is 72.8 Å². The molecule has 0 radical (unpaired) electrons. The van der Waals surface area contributed by atoms with Gasteiger partial charge in [0.2, 0.25) is 0 Å². The summed E-state index contributed by atoms with van der Waals surface area (Å²) in [7, 11) is 0. The summed E-state index contributed by atoms with van der Waals surface area (Å²) in [4.78, 5) is 22.8. The molecule has 0 aliphatic carbocycles. The van der Waals surface area contributed by atoms with Crippen LogP contribution in [-0.4, -0.2) is 23.5 Å². The van der Waals surface area contributed by atoms with E-state index in [9.17, 15) is 9.59 Å². The van der Waals surface area contributed by atoms with Gasteiger partial charge in [-0.05, 0) is 34.9 Å². The van der Waals surface area contributed by atoms with Crippen molar-refractivity contribution in [2.75, 3.05) is 6.61 Å². The maximum atomic E-state index is 12.3. The molecule has 0 aliphatic heterocycles. The second-order valence-electron chi connectivity index (χ2n) is 5.89. The number of hydrogen-bond donors (Lipinski definition) is 1. The molecule has 134 valence electrons. The molecule has 0 atom stereocenters. The Bertz CT molecular complexity index is 940. The lowest BCUT2D eigenvalue weighted by Gasteiger charge is -2.03. The molecule has 0 unspecified atom stereocenters. The van der Waals surface area contributed by atoms with Crippen molar-refractivity contribution in [3.63, 3.8) is 0 Å². The lowest BCUT2D eigenvalue weighted by molar-refractivity contribution is -0.139. The number of allylic oxidation sites excluding steroid dienone is 1. The molecule has 0 aromatic heterocycles. The van der Waals surface area contributed by atoms with Crippen LogP contribution in [0.2, 0.25) is 0 Å². The van der Waals surface area contributed by atoms with Crippen LogP contribution < -0.4 is 4.74 Å². The molecule has 0 saturated heterocycles. The zero-order valence-electron chi connectivity index (χ0n) is 14.5. The van der Waals surface area contributed by atoms with Crippen LogP contribution in [0.4, 0.5) is 0 Å². The molecule has 1 N–H and O–H groups in total. The van der Waals surface area contributed by atoms with Crippen molar-refractivity contribution in [2.24, 2.45) is 0 Å².